The Morgan fingerprint density at radius 3 is 2.32 bits per heavy atom. The first-order valence-electron chi connectivity index (χ1n) is 7.84. The van der Waals surface area contributed by atoms with E-state index in [1.54, 1.807) is 7.11 Å². The van der Waals surface area contributed by atoms with Gasteiger partial charge in [-0.05, 0) is 51.8 Å². The number of halogens is 1. The molecule has 3 rings (SSSR count). The maximum Gasteiger partial charge on any atom is 0.130 e. The molecule has 0 aliphatic rings. The number of nitrogens with two attached hydrogens (primary N) is 1. The Hall–Kier alpha value is -2.66. The van der Waals surface area contributed by atoms with Crippen molar-refractivity contribution in [1.82, 2.24) is 0 Å². The summed E-state index contributed by atoms with van der Waals surface area (Å²) >= 11 is 3.49. The Kier molecular flexibility index (Phi) is 5.46. The monoisotopic (exact) mass is 398 g/mol. The van der Waals surface area contributed by atoms with Crippen molar-refractivity contribution in [3.05, 3.63) is 76.8 Å². The fourth-order valence-corrected chi connectivity index (χ4v) is 2.80. The van der Waals surface area contributed by atoms with Gasteiger partial charge in [0.25, 0.3) is 0 Å². The van der Waals surface area contributed by atoms with Crippen molar-refractivity contribution in [2.75, 3.05) is 18.2 Å². The second kappa shape index (κ2) is 7.94. The van der Waals surface area contributed by atoms with Crippen molar-refractivity contribution < 1.29 is 9.47 Å². The second-order valence-electron chi connectivity index (χ2n) is 5.48. The average Bonchev–Trinajstić information content (AvgIpc) is 2.64. The molecular formula is C20H19BrN2O2. The Labute approximate surface area is 155 Å². The molecule has 0 bridgehead atoms. The van der Waals surface area contributed by atoms with E-state index in [4.69, 9.17) is 15.2 Å². The summed E-state index contributed by atoms with van der Waals surface area (Å²) in [5.41, 5.74) is 8.76. The summed E-state index contributed by atoms with van der Waals surface area (Å²) in [6.45, 7) is 0.648. The van der Waals surface area contributed by atoms with Crippen LogP contribution in [0, 0.1) is 0 Å². The van der Waals surface area contributed by atoms with Crippen LogP contribution in [0.3, 0.4) is 0 Å². The maximum atomic E-state index is 6.17. The molecule has 3 aromatic carbocycles. The van der Waals surface area contributed by atoms with Crippen LogP contribution in [-0.2, 0) is 6.54 Å². The number of methoxy groups -OCH3 is 1. The highest BCUT2D eigenvalue weighted by Crippen LogP contribution is 2.35. The fraction of sp³-hybridized carbons (Fsp3) is 0.100. The van der Waals surface area contributed by atoms with E-state index in [1.807, 2.05) is 66.7 Å². The molecule has 0 atom stereocenters. The first kappa shape index (κ1) is 17.2. The minimum Gasteiger partial charge on any atom is -0.497 e. The molecule has 0 aliphatic heterocycles. The zero-order valence-electron chi connectivity index (χ0n) is 13.8. The summed E-state index contributed by atoms with van der Waals surface area (Å²) < 4.78 is 11.9. The van der Waals surface area contributed by atoms with Crippen LogP contribution < -0.4 is 20.5 Å². The van der Waals surface area contributed by atoms with Gasteiger partial charge in [0.1, 0.15) is 17.2 Å². The number of nitrogen functional groups attached to an aromatic ring is 1. The summed E-state index contributed by atoms with van der Waals surface area (Å²) in [4.78, 5) is 0. The van der Waals surface area contributed by atoms with E-state index in [2.05, 4.69) is 21.2 Å². The lowest BCUT2D eigenvalue weighted by Crippen LogP contribution is -2.03. The molecule has 0 radical (unpaired) electrons. The summed E-state index contributed by atoms with van der Waals surface area (Å²) in [7, 11) is 1.66. The molecule has 0 amide bonds. The van der Waals surface area contributed by atoms with Gasteiger partial charge in [-0.3, -0.25) is 0 Å². The molecule has 0 fully saturated rings. The molecule has 0 aliphatic carbocycles. The second-order valence-corrected chi connectivity index (χ2v) is 6.34. The van der Waals surface area contributed by atoms with E-state index < -0.39 is 0 Å². The Bertz CT molecular complexity index is 836. The lowest BCUT2D eigenvalue weighted by Gasteiger charge is -2.14. The first-order chi connectivity index (χ1) is 12.2. The highest BCUT2D eigenvalue weighted by atomic mass is 79.9. The highest BCUT2D eigenvalue weighted by molar-refractivity contribution is 9.10. The molecule has 0 unspecified atom stereocenters. The summed E-state index contributed by atoms with van der Waals surface area (Å²) in [5.74, 6) is 2.33. The van der Waals surface area contributed by atoms with Gasteiger partial charge in [0, 0.05) is 17.1 Å². The topological polar surface area (TPSA) is 56.5 Å². The van der Waals surface area contributed by atoms with Gasteiger partial charge >= 0.3 is 0 Å². The van der Waals surface area contributed by atoms with E-state index in [0.717, 1.165) is 27.2 Å². The smallest absolute Gasteiger partial charge is 0.130 e. The summed E-state index contributed by atoms with van der Waals surface area (Å²) in [6, 6.07) is 21.3. The summed E-state index contributed by atoms with van der Waals surface area (Å²) in [6.07, 6.45) is 0. The number of para-hydroxylation sites is 1. The number of anilines is 2. The standard InChI is InChI=1S/C20H19BrN2O2/c1-24-15-9-7-14(8-10-15)13-23-19-12-17(11-18(21)20(19)22)25-16-5-3-2-4-6-16/h2-12,23H,13,22H2,1H3. The summed E-state index contributed by atoms with van der Waals surface area (Å²) in [5, 5.41) is 3.36. The lowest BCUT2D eigenvalue weighted by atomic mass is 10.2. The van der Waals surface area contributed by atoms with Gasteiger partial charge in [-0.1, -0.05) is 30.3 Å². The van der Waals surface area contributed by atoms with Gasteiger partial charge in [-0.15, -0.1) is 0 Å². The van der Waals surface area contributed by atoms with Crippen molar-refractivity contribution >= 4 is 27.3 Å². The molecule has 0 heterocycles. The predicted octanol–water partition coefficient (Wildman–Crippen LogP) is 5.44. The van der Waals surface area contributed by atoms with E-state index in [1.165, 1.54) is 0 Å². The van der Waals surface area contributed by atoms with Crippen molar-refractivity contribution in [2.45, 2.75) is 6.54 Å². The minimum atomic E-state index is 0.647. The predicted molar refractivity (Wildman–Crippen MR) is 105 cm³/mol. The van der Waals surface area contributed by atoms with E-state index in [-0.39, 0.29) is 0 Å². The van der Waals surface area contributed by atoms with E-state index in [9.17, 15) is 0 Å². The Balaban J connectivity index is 1.75. The van der Waals surface area contributed by atoms with Crippen LogP contribution in [0.15, 0.2) is 71.2 Å². The number of benzene rings is 3. The van der Waals surface area contributed by atoms with Crippen molar-refractivity contribution in [1.29, 1.82) is 0 Å². The van der Waals surface area contributed by atoms with E-state index >= 15 is 0 Å². The molecule has 5 heteroatoms. The number of hydrogen-bond donors (Lipinski definition) is 2. The van der Waals surface area contributed by atoms with Crippen molar-refractivity contribution in [3.8, 4) is 17.2 Å². The van der Waals surface area contributed by atoms with Crippen LogP contribution >= 0.6 is 15.9 Å². The Morgan fingerprint density at radius 1 is 0.920 bits per heavy atom. The highest BCUT2D eigenvalue weighted by Gasteiger charge is 2.08. The largest absolute Gasteiger partial charge is 0.497 e. The van der Waals surface area contributed by atoms with Crippen LogP contribution in [-0.4, -0.2) is 7.11 Å². The molecule has 3 N–H and O–H groups in total. The molecule has 4 nitrogen and oxygen atoms in total. The molecule has 25 heavy (non-hydrogen) atoms. The number of rotatable bonds is 6. The quantitative estimate of drug-likeness (QED) is 0.542. The van der Waals surface area contributed by atoms with Crippen LogP contribution in [0.5, 0.6) is 17.2 Å². The third kappa shape index (κ3) is 4.45. The molecular weight excluding hydrogens is 380 g/mol. The minimum absolute atomic E-state index is 0.647. The zero-order valence-corrected chi connectivity index (χ0v) is 15.4. The normalized spacial score (nSPS) is 10.3. The number of ether oxygens (including phenoxy) is 2. The van der Waals surface area contributed by atoms with Gasteiger partial charge in [-0.2, -0.15) is 0 Å². The van der Waals surface area contributed by atoms with Gasteiger partial charge < -0.3 is 20.5 Å². The molecule has 3 aromatic rings. The van der Waals surface area contributed by atoms with Crippen molar-refractivity contribution in [3.63, 3.8) is 0 Å². The third-order valence-corrected chi connectivity index (χ3v) is 4.38. The van der Waals surface area contributed by atoms with Gasteiger partial charge in [-0.25, -0.2) is 0 Å². The molecule has 0 saturated heterocycles. The number of hydrogen-bond acceptors (Lipinski definition) is 4. The first-order valence-corrected chi connectivity index (χ1v) is 8.64. The average molecular weight is 399 g/mol. The Morgan fingerprint density at radius 2 is 1.64 bits per heavy atom. The lowest BCUT2D eigenvalue weighted by molar-refractivity contribution is 0.414. The van der Waals surface area contributed by atoms with Crippen molar-refractivity contribution in [2.24, 2.45) is 0 Å². The van der Waals surface area contributed by atoms with Gasteiger partial charge in [0.2, 0.25) is 0 Å². The number of nitrogens with one attached hydrogen (secondary N) is 1. The maximum absolute atomic E-state index is 6.17. The molecule has 128 valence electrons. The third-order valence-electron chi connectivity index (χ3n) is 3.72. The van der Waals surface area contributed by atoms with Crippen LogP contribution in [0.1, 0.15) is 5.56 Å². The SMILES string of the molecule is COc1ccc(CNc2cc(Oc3ccccc3)cc(Br)c2N)cc1. The van der Waals surface area contributed by atoms with Gasteiger partial charge in [0.05, 0.1) is 18.5 Å². The fourth-order valence-electron chi connectivity index (χ4n) is 2.36. The van der Waals surface area contributed by atoms with E-state index in [0.29, 0.717) is 18.0 Å². The molecule has 0 aromatic heterocycles. The van der Waals surface area contributed by atoms with Crippen LogP contribution in [0.2, 0.25) is 0 Å². The molecule has 0 saturated carbocycles. The van der Waals surface area contributed by atoms with Crippen LogP contribution in [0.4, 0.5) is 11.4 Å². The zero-order chi connectivity index (χ0) is 17.6. The van der Waals surface area contributed by atoms with Crippen LogP contribution in [0.25, 0.3) is 0 Å². The molecule has 0 spiro atoms. The van der Waals surface area contributed by atoms with Gasteiger partial charge in [0.15, 0.2) is 0 Å².